The molecule has 2 aromatic heterocycles. The van der Waals surface area contributed by atoms with Crippen molar-refractivity contribution in [3.8, 4) is 0 Å². The molecular weight excluding hydrogens is 286 g/mol. The quantitative estimate of drug-likeness (QED) is 0.787. The number of hydrogen-bond acceptors (Lipinski definition) is 2. The van der Waals surface area contributed by atoms with Gasteiger partial charge in [0.05, 0.1) is 5.69 Å². The smallest absolute Gasteiger partial charge is 0.274 e. The third-order valence-corrected chi connectivity index (χ3v) is 3.95. The summed E-state index contributed by atoms with van der Waals surface area (Å²) in [6.07, 6.45) is 3.63. The van der Waals surface area contributed by atoms with Gasteiger partial charge in [0.25, 0.3) is 5.91 Å². The molecule has 0 atom stereocenters. The third-order valence-electron chi connectivity index (χ3n) is 3.95. The summed E-state index contributed by atoms with van der Waals surface area (Å²) in [4.78, 5) is 17.5. The Morgan fingerprint density at radius 2 is 2.04 bits per heavy atom. The summed E-state index contributed by atoms with van der Waals surface area (Å²) in [5.41, 5.74) is 5.31. The second-order valence-electron chi connectivity index (χ2n) is 5.86. The van der Waals surface area contributed by atoms with E-state index in [1.165, 1.54) is 0 Å². The van der Waals surface area contributed by atoms with E-state index in [-0.39, 0.29) is 5.91 Å². The van der Waals surface area contributed by atoms with Crippen molar-refractivity contribution in [2.24, 2.45) is 0 Å². The molecule has 0 aliphatic carbocycles. The van der Waals surface area contributed by atoms with Crippen LogP contribution >= 0.6 is 0 Å². The van der Waals surface area contributed by atoms with Crippen molar-refractivity contribution in [3.63, 3.8) is 0 Å². The SMILES string of the molecule is CCCc1nc2ccccn2c1C(=O)Nc1cc(C)ccc1C. The molecule has 0 saturated carbocycles. The van der Waals surface area contributed by atoms with Crippen molar-refractivity contribution in [1.29, 1.82) is 0 Å². The number of pyridine rings is 1. The minimum Gasteiger partial charge on any atom is -0.320 e. The highest BCUT2D eigenvalue weighted by Crippen LogP contribution is 2.20. The van der Waals surface area contributed by atoms with Crippen LogP contribution in [0.4, 0.5) is 5.69 Å². The van der Waals surface area contributed by atoms with Gasteiger partial charge in [-0.15, -0.1) is 0 Å². The van der Waals surface area contributed by atoms with Gasteiger partial charge >= 0.3 is 0 Å². The van der Waals surface area contributed by atoms with Crippen LogP contribution in [0.5, 0.6) is 0 Å². The zero-order chi connectivity index (χ0) is 16.4. The summed E-state index contributed by atoms with van der Waals surface area (Å²) in [5.74, 6) is -0.110. The standard InChI is InChI=1S/C19H21N3O/c1-4-7-15-18(22-11-6-5-8-17(22)20-15)19(23)21-16-12-13(2)9-10-14(16)3/h5-6,8-12H,4,7H2,1-3H3,(H,21,23). The number of aromatic nitrogens is 2. The van der Waals surface area contributed by atoms with Gasteiger partial charge in [-0.2, -0.15) is 0 Å². The molecule has 3 aromatic rings. The van der Waals surface area contributed by atoms with Crippen LogP contribution in [0.1, 0.15) is 40.7 Å². The van der Waals surface area contributed by atoms with Gasteiger partial charge < -0.3 is 5.32 Å². The second-order valence-corrected chi connectivity index (χ2v) is 5.86. The number of fused-ring (bicyclic) bond motifs is 1. The van der Waals surface area contributed by atoms with Gasteiger partial charge in [0.1, 0.15) is 11.3 Å². The summed E-state index contributed by atoms with van der Waals surface area (Å²) in [7, 11) is 0. The summed E-state index contributed by atoms with van der Waals surface area (Å²) in [5, 5.41) is 3.04. The molecule has 0 aliphatic heterocycles. The first-order valence-electron chi connectivity index (χ1n) is 7.94. The number of anilines is 1. The highest BCUT2D eigenvalue weighted by atomic mass is 16.2. The number of imidazole rings is 1. The molecule has 4 heteroatoms. The van der Waals surface area contributed by atoms with E-state index in [0.29, 0.717) is 5.69 Å². The Hall–Kier alpha value is -2.62. The minimum atomic E-state index is -0.110. The maximum absolute atomic E-state index is 12.9. The predicted octanol–water partition coefficient (Wildman–Crippen LogP) is 4.16. The number of carbonyl (C=O) groups excluding carboxylic acids is 1. The molecule has 0 fully saturated rings. The van der Waals surface area contributed by atoms with E-state index >= 15 is 0 Å². The Balaban J connectivity index is 2.03. The zero-order valence-electron chi connectivity index (χ0n) is 13.8. The Labute approximate surface area is 136 Å². The van der Waals surface area contributed by atoms with Crippen molar-refractivity contribution in [2.45, 2.75) is 33.6 Å². The van der Waals surface area contributed by atoms with Gasteiger partial charge in [-0.3, -0.25) is 9.20 Å². The first-order valence-corrected chi connectivity index (χ1v) is 7.94. The molecule has 118 valence electrons. The van der Waals surface area contributed by atoms with E-state index in [9.17, 15) is 4.79 Å². The molecule has 0 aliphatic rings. The van der Waals surface area contributed by atoms with Crippen molar-refractivity contribution in [2.75, 3.05) is 5.32 Å². The number of benzene rings is 1. The summed E-state index contributed by atoms with van der Waals surface area (Å²) in [6.45, 7) is 6.11. The number of hydrogen-bond donors (Lipinski definition) is 1. The molecule has 2 heterocycles. The molecule has 0 unspecified atom stereocenters. The number of amides is 1. The molecule has 3 rings (SSSR count). The van der Waals surface area contributed by atoms with Gasteiger partial charge in [0, 0.05) is 11.9 Å². The average molecular weight is 307 g/mol. The molecular formula is C19H21N3O. The molecule has 1 N–H and O–H groups in total. The number of carbonyl (C=O) groups is 1. The van der Waals surface area contributed by atoms with Crippen LogP contribution in [0, 0.1) is 13.8 Å². The van der Waals surface area contributed by atoms with E-state index in [2.05, 4.69) is 17.2 Å². The Morgan fingerprint density at radius 1 is 1.22 bits per heavy atom. The number of nitrogens with zero attached hydrogens (tertiary/aromatic N) is 2. The molecule has 0 spiro atoms. The number of rotatable bonds is 4. The fraction of sp³-hybridized carbons (Fsp3) is 0.263. The Kier molecular flexibility index (Phi) is 4.15. The van der Waals surface area contributed by atoms with Crippen molar-refractivity contribution in [1.82, 2.24) is 9.38 Å². The molecule has 0 saturated heterocycles. The van der Waals surface area contributed by atoms with Crippen molar-refractivity contribution < 1.29 is 4.79 Å². The second kappa shape index (κ2) is 6.24. The maximum atomic E-state index is 12.9. The van der Waals surface area contributed by atoms with Gasteiger partial charge in [0.15, 0.2) is 0 Å². The van der Waals surface area contributed by atoms with E-state index in [1.54, 1.807) is 0 Å². The number of aryl methyl sites for hydroxylation is 3. The summed E-state index contributed by atoms with van der Waals surface area (Å²) in [6, 6.07) is 11.8. The highest BCUT2D eigenvalue weighted by molar-refractivity contribution is 6.05. The van der Waals surface area contributed by atoms with Crippen LogP contribution in [-0.4, -0.2) is 15.3 Å². The van der Waals surface area contributed by atoms with Crippen LogP contribution in [0.2, 0.25) is 0 Å². The third kappa shape index (κ3) is 2.97. The fourth-order valence-corrected chi connectivity index (χ4v) is 2.75. The van der Waals surface area contributed by atoms with Gasteiger partial charge in [-0.1, -0.05) is 31.5 Å². The Morgan fingerprint density at radius 3 is 2.83 bits per heavy atom. The predicted molar refractivity (Wildman–Crippen MR) is 93.1 cm³/mol. The van der Waals surface area contributed by atoms with Crippen LogP contribution < -0.4 is 5.32 Å². The lowest BCUT2D eigenvalue weighted by Crippen LogP contribution is -2.17. The fourth-order valence-electron chi connectivity index (χ4n) is 2.75. The lowest BCUT2D eigenvalue weighted by Gasteiger charge is -2.10. The first-order chi connectivity index (χ1) is 11.1. The summed E-state index contributed by atoms with van der Waals surface area (Å²) >= 11 is 0. The van der Waals surface area contributed by atoms with Gasteiger partial charge in [-0.25, -0.2) is 4.98 Å². The molecule has 1 aromatic carbocycles. The monoisotopic (exact) mass is 307 g/mol. The molecule has 4 nitrogen and oxygen atoms in total. The minimum absolute atomic E-state index is 0.110. The van der Waals surface area contributed by atoms with E-state index in [1.807, 2.05) is 60.8 Å². The normalized spacial score (nSPS) is 10.9. The van der Waals surface area contributed by atoms with Crippen LogP contribution in [0.25, 0.3) is 5.65 Å². The zero-order valence-corrected chi connectivity index (χ0v) is 13.8. The van der Waals surface area contributed by atoms with Crippen LogP contribution in [-0.2, 0) is 6.42 Å². The lowest BCUT2D eigenvalue weighted by molar-refractivity contribution is 0.102. The van der Waals surface area contributed by atoms with Gasteiger partial charge in [0.2, 0.25) is 0 Å². The topological polar surface area (TPSA) is 46.4 Å². The largest absolute Gasteiger partial charge is 0.320 e. The molecule has 0 radical (unpaired) electrons. The van der Waals surface area contributed by atoms with E-state index in [0.717, 1.165) is 41.0 Å². The number of nitrogens with one attached hydrogen (secondary N) is 1. The average Bonchev–Trinajstić information content (AvgIpc) is 2.89. The Bertz CT molecular complexity index is 864. The van der Waals surface area contributed by atoms with E-state index < -0.39 is 0 Å². The van der Waals surface area contributed by atoms with Crippen molar-refractivity contribution >= 4 is 17.2 Å². The molecule has 23 heavy (non-hydrogen) atoms. The maximum Gasteiger partial charge on any atom is 0.274 e. The van der Waals surface area contributed by atoms with E-state index in [4.69, 9.17) is 0 Å². The first kappa shape index (κ1) is 15.3. The molecule has 1 amide bonds. The van der Waals surface area contributed by atoms with Crippen LogP contribution in [0.3, 0.4) is 0 Å². The van der Waals surface area contributed by atoms with Crippen LogP contribution in [0.15, 0.2) is 42.6 Å². The lowest BCUT2D eigenvalue weighted by atomic mass is 10.1. The summed E-state index contributed by atoms with van der Waals surface area (Å²) < 4.78 is 1.87. The molecule has 0 bridgehead atoms. The van der Waals surface area contributed by atoms with Crippen molar-refractivity contribution in [3.05, 3.63) is 65.1 Å². The highest BCUT2D eigenvalue weighted by Gasteiger charge is 2.19. The van der Waals surface area contributed by atoms with Gasteiger partial charge in [-0.05, 0) is 49.6 Å².